The van der Waals surface area contributed by atoms with Gasteiger partial charge in [-0.05, 0) is 25.0 Å². The number of hydrogen-bond acceptors (Lipinski definition) is 3. The van der Waals surface area contributed by atoms with E-state index in [-0.39, 0.29) is 6.04 Å². The van der Waals surface area contributed by atoms with E-state index in [1.807, 2.05) is 49.4 Å². The average molecular weight is 335 g/mol. The maximum Gasteiger partial charge on any atom is 0.234 e. The second-order valence-electron chi connectivity index (χ2n) is 5.05. The Morgan fingerprint density at radius 1 is 1.17 bits per heavy atom. The Kier molecular flexibility index (Phi) is 9.21. The Balaban J connectivity index is 2.30. The summed E-state index contributed by atoms with van der Waals surface area (Å²) < 4.78 is 31.6. The number of nitrogens with one attached hydrogen (secondary N) is 1. The van der Waals surface area contributed by atoms with E-state index in [0.29, 0.717) is 13.2 Å². The number of sulfonamides is 1. The third-order valence-electron chi connectivity index (χ3n) is 2.84. The Bertz CT molecular complexity index is 619. The predicted octanol–water partition coefficient (Wildman–Crippen LogP) is 3.55. The van der Waals surface area contributed by atoms with Crippen LogP contribution in [0.3, 0.4) is 0 Å². The van der Waals surface area contributed by atoms with Crippen LogP contribution in [0.25, 0.3) is 0 Å². The fourth-order valence-electron chi connectivity index (χ4n) is 1.78. The van der Waals surface area contributed by atoms with Gasteiger partial charge in [-0.1, -0.05) is 61.6 Å². The monoisotopic (exact) mass is 335 g/mol. The molecule has 0 heterocycles. The summed E-state index contributed by atoms with van der Waals surface area (Å²) in [6.45, 7) is 4.75. The van der Waals surface area contributed by atoms with Crippen LogP contribution in [-0.4, -0.2) is 21.1 Å². The zero-order chi connectivity index (χ0) is 17.0. The summed E-state index contributed by atoms with van der Waals surface area (Å²) in [7, 11) is -3.42. The van der Waals surface area contributed by atoms with Crippen LogP contribution in [0.1, 0.15) is 25.8 Å². The third-order valence-corrected chi connectivity index (χ3v) is 4.06. The van der Waals surface area contributed by atoms with Gasteiger partial charge >= 0.3 is 0 Å². The van der Waals surface area contributed by atoms with Crippen molar-refractivity contribution < 1.29 is 13.2 Å². The molecule has 0 aliphatic rings. The number of ether oxygens (including phenoxy) is 1. The van der Waals surface area contributed by atoms with Crippen LogP contribution in [-0.2, 0) is 21.4 Å². The quantitative estimate of drug-likeness (QED) is 0.404. The van der Waals surface area contributed by atoms with Crippen molar-refractivity contribution in [1.29, 1.82) is 0 Å². The van der Waals surface area contributed by atoms with Gasteiger partial charge in [0.2, 0.25) is 10.0 Å². The summed E-state index contributed by atoms with van der Waals surface area (Å²) in [4.78, 5) is 0. The van der Waals surface area contributed by atoms with Gasteiger partial charge in [-0.2, -0.15) is 0 Å². The van der Waals surface area contributed by atoms with E-state index < -0.39 is 10.0 Å². The second kappa shape index (κ2) is 10.9. The van der Waals surface area contributed by atoms with E-state index >= 15 is 0 Å². The van der Waals surface area contributed by atoms with Gasteiger partial charge in [0.25, 0.3) is 0 Å². The van der Waals surface area contributed by atoms with Crippen LogP contribution in [0.15, 0.2) is 66.1 Å². The molecule has 0 radical (unpaired) electrons. The Morgan fingerprint density at radius 2 is 1.91 bits per heavy atom. The minimum absolute atomic E-state index is 0.292. The van der Waals surface area contributed by atoms with Crippen molar-refractivity contribution in [2.45, 2.75) is 32.9 Å². The lowest BCUT2D eigenvalue weighted by Crippen LogP contribution is -2.29. The van der Waals surface area contributed by atoms with Crippen LogP contribution in [0, 0.1) is 0 Å². The Morgan fingerprint density at radius 3 is 2.61 bits per heavy atom. The normalized spacial score (nSPS) is 14.2. The van der Waals surface area contributed by atoms with Crippen LogP contribution in [0.5, 0.6) is 0 Å². The van der Waals surface area contributed by atoms with Crippen molar-refractivity contribution in [3.05, 3.63) is 71.7 Å². The summed E-state index contributed by atoms with van der Waals surface area (Å²) in [5.74, 6) is 0. The maximum atomic E-state index is 11.8. The minimum atomic E-state index is -3.42. The fourth-order valence-corrected chi connectivity index (χ4v) is 2.75. The zero-order valence-electron chi connectivity index (χ0n) is 13.7. The summed E-state index contributed by atoms with van der Waals surface area (Å²) in [5, 5.41) is 1.16. The van der Waals surface area contributed by atoms with Crippen molar-refractivity contribution >= 4 is 10.0 Å². The van der Waals surface area contributed by atoms with Crippen molar-refractivity contribution in [1.82, 2.24) is 4.72 Å². The van der Waals surface area contributed by atoms with Crippen LogP contribution in [0.2, 0.25) is 0 Å². The zero-order valence-corrected chi connectivity index (χ0v) is 14.5. The Labute approximate surface area is 139 Å². The van der Waals surface area contributed by atoms with Gasteiger partial charge in [-0.15, -0.1) is 0 Å². The largest absolute Gasteiger partial charge is 0.373 e. The summed E-state index contributed by atoms with van der Waals surface area (Å²) in [6, 6.07) is 9.60. The highest BCUT2D eigenvalue weighted by Gasteiger charge is 2.07. The molecule has 4 nitrogen and oxygen atoms in total. The van der Waals surface area contributed by atoms with Gasteiger partial charge in [-0.3, -0.25) is 0 Å². The third kappa shape index (κ3) is 9.84. The second-order valence-corrected chi connectivity index (χ2v) is 6.64. The molecular weight excluding hydrogens is 310 g/mol. The van der Waals surface area contributed by atoms with E-state index in [9.17, 15) is 8.42 Å². The molecule has 1 N–H and O–H groups in total. The first-order valence-corrected chi connectivity index (χ1v) is 9.22. The molecule has 23 heavy (non-hydrogen) atoms. The molecule has 1 rings (SSSR count). The standard InChI is InChI=1S/C18H25NO3S/c1-3-4-5-9-15-23(20,21)19-17(2)11-10-14-22-16-18-12-7-6-8-13-18/h4-13,15,17,19H,3,14,16H2,1-2H3. The molecule has 5 heteroatoms. The van der Waals surface area contributed by atoms with Gasteiger partial charge in [0.15, 0.2) is 0 Å². The highest BCUT2D eigenvalue weighted by atomic mass is 32.2. The molecule has 1 unspecified atom stereocenters. The molecule has 0 spiro atoms. The van der Waals surface area contributed by atoms with Crippen molar-refractivity contribution in [3.63, 3.8) is 0 Å². The van der Waals surface area contributed by atoms with Crippen LogP contribution in [0.4, 0.5) is 0 Å². The number of benzene rings is 1. The molecule has 0 aliphatic heterocycles. The molecule has 0 fully saturated rings. The molecule has 0 aromatic heterocycles. The SMILES string of the molecule is CCC=CC=CS(=O)(=O)NC(C)C=CCOCc1ccccc1. The summed E-state index contributed by atoms with van der Waals surface area (Å²) in [5.41, 5.74) is 1.11. The summed E-state index contributed by atoms with van der Waals surface area (Å²) >= 11 is 0. The van der Waals surface area contributed by atoms with E-state index in [2.05, 4.69) is 4.72 Å². The smallest absolute Gasteiger partial charge is 0.234 e. The number of allylic oxidation sites excluding steroid dienone is 3. The first-order chi connectivity index (χ1) is 11.0. The average Bonchev–Trinajstić information content (AvgIpc) is 2.52. The first kappa shape index (κ1) is 19.4. The maximum absolute atomic E-state index is 11.8. The lowest BCUT2D eigenvalue weighted by atomic mass is 10.2. The van der Waals surface area contributed by atoms with E-state index in [4.69, 9.17) is 4.74 Å². The van der Waals surface area contributed by atoms with E-state index in [1.165, 1.54) is 6.08 Å². The molecule has 0 aliphatic carbocycles. The Hall–Kier alpha value is -1.69. The topological polar surface area (TPSA) is 55.4 Å². The van der Waals surface area contributed by atoms with Crippen molar-refractivity contribution in [3.8, 4) is 0 Å². The molecule has 0 saturated carbocycles. The molecule has 126 valence electrons. The first-order valence-electron chi connectivity index (χ1n) is 7.67. The molecule has 0 bridgehead atoms. The molecule has 1 aromatic carbocycles. The molecule has 1 atom stereocenters. The highest BCUT2D eigenvalue weighted by molar-refractivity contribution is 7.92. The highest BCUT2D eigenvalue weighted by Crippen LogP contribution is 2.00. The van der Waals surface area contributed by atoms with Gasteiger partial charge in [0.05, 0.1) is 13.2 Å². The van der Waals surface area contributed by atoms with Crippen molar-refractivity contribution in [2.75, 3.05) is 6.61 Å². The lowest BCUT2D eigenvalue weighted by Gasteiger charge is -2.07. The lowest BCUT2D eigenvalue weighted by molar-refractivity contribution is 0.148. The molecule has 1 aromatic rings. The van der Waals surface area contributed by atoms with E-state index in [1.54, 1.807) is 19.1 Å². The molecular formula is C18H25NO3S. The van der Waals surface area contributed by atoms with Gasteiger partial charge < -0.3 is 4.74 Å². The number of hydrogen-bond donors (Lipinski definition) is 1. The van der Waals surface area contributed by atoms with Crippen molar-refractivity contribution in [2.24, 2.45) is 0 Å². The molecule has 0 amide bonds. The van der Waals surface area contributed by atoms with Crippen LogP contribution < -0.4 is 4.72 Å². The fraction of sp³-hybridized carbons (Fsp3) is 0.333. The van der Waals surface area contributed by atoms with Crippen LogP contribution >= 0.6 is 0 Å². The minimum Gasteiger partial charge on any atom is -0.373 e. The van der Waals surface area contributed by atoms with Gasteiger partial charge in [0.1, 0.15) is 0 Å². The predicted molar refractivity (Wildman–Crippen MR) is 95.3 cm³/mol. The molecule has 0 saturated heterocycles. The number of rotatable bonds is 10. The summed E-state index contributed by atoms with van der Waals surface area (Å²) in [6.07, 6.45) is 9.59. The van der Waals surface area contributed by atoms with Gasteiger partial charge in [0, 0.05) is 11.4 Å². The van der Waals surface area contributed by atoms with Gasteiger partial charge in [-0.25, -0.2) is 13.1 Å². The van der Waals surface area contributed by atoms with E-state index in [0.717, 1.165) is 17.4 Å².